The second-order valence-electron chi connectivity index (χ2n) is 8.10. The lowest BCUT2D eigenvalue weighted by Gasteiger charge is -2.36. The van der Waals surface area contributed by atoms with Gasteiger partial charge in [-0.3, -0.25) is 14.4 Å². The average molecular weight is 481 g/mol. The van der Waals surface area contributed by atoms with E-state index >= 15 is 0 Å². The number of anilines is 1. The number of hydrogen-bond acceptors (Lipinski definition) is 6. The Bertz CT molecular complexity index is 1220. The SMILES string of the molecule is CC(=O)c1ccc(N2CCN(C(=O)Cc3cc(=O)[nH]c(SCc4ccc(F)cc4)n3)CC2)cc1. The highest BCUT2D eigenvalue weighted by atomic mass is 32.2. The molecule has 0 saturated carbocycles. The molecule has 1 aliphatic rings. The molecular formula is C25H25FN4O3S. The number of carbonyl (C=O) groups is 2. The molecule has 0 bridgehead atoms. The molecule has 1 fully saturated rings. The van der Waals surface area contributed by atoms with Gasteiger partial charge in [0.25, 0.3) is 5.56 Å². The van der Waals surface area contributed by atoms with Crippen LogP contribution in [0.1, 0.15) is 28.5 Å². The molecule has 1 saturated heterocycles. The number of aromatic nitrogens is 2. The van der Waals surface area contributed by atoms with Gasteiger partial charge in [0.2, 0.25) is 5.91 Å². The summed E-state index contributed by atoms with van der Waals surface area (Å²) in [7, 11) is 0. The lowest BCUT2D eigenvalue weighted by molar-refractivity contribution is -0.130. The minimum Gasteiger partial charge on any atom is -0.368 e. The van der Waals surface area contributed by atoms with Crippen molar-refractivity contribution in [2.24, 2.45) is 0 Å². The Morgan fingerprint density at radius 1 is 1.03 bits per heavy atom. The lowest BCUT2D eigenvalue weighted by atomic mass is 10.1. The maximum absolute atomic E-state index is 13.1. The summed E-state index contributed by atoms with van der Waals surface area (Å²) in [5.74, 6) is 0.190. The van der Waals surface area contributed by atoms with E-state index in [1.807, 2.05) is 24.3 Å². The fraction of sp³-hybridized carbons (Fsp3) is 0.280. The van der Waals surface area contributed by atoms with Crippen molar-refractivity contribution < 1.29 is 14.0 Å². The highest BCUT2D eigenvalue weighted by molar-refractivity contribution is 7.98. The van der Waals surface area contributed by atoms with Crippen LogP contribution >= 0.6 is 11.8 Å². The smallest absolute Gasteiger partial charge is 0.251 e. The Balaban J connectivity index is 1.32. The Hall–Kier alpha value is -3.46. The highest BCUT2D eigenvalue weighted by Gasteiger charge is 2.22. The Morgan fingerprint density at radius 2 is 1.71 bits per heavy atom. The number of nitrogens with zero attached hydrogens (tertiary/aromatic N) is 3. The number of amides is 1. The van der Waals surface area contributed by atoms with Crippen molar-refractivity contribution in [3.05, 3.63) is 87.6 Å². The quantitative estimate of drug-likeness (QED) is 0.317. The number of rotatable bonds is 7. The van der Waals surface area contributed by atoms with Crippen molar-refractivity contribution in [1.29, 1.82) is 0 Å². The van der Waals surface area contributed by atoms with Crippen LogP contribution in [0.4, 0.5) is 10.1 Å². The number of thioether (sulfide) groups is 1. The van der Waals surface area contributed by atoms with E-state index in [4.69, 9.17) is 0 Å². The van der Waals surface area contributed by atoms with Crippen LogP contribution < -0.4 is 10.5 Å². The molecule has 0 aliphatic carbocycles. The van der Waals surface area contributed by atoms with Crippen molar-refractivity contribution >= 4 is 29.1 Å². The number of Topliss-reactive ketones (excluding diaryl/α,β-unsaturated/α-hetero) is 1. The summed E-state index contributed by atoms with van der Waals surface area (Å²) in [4.78, 5) is 47.5. The van der Waals surface area contributed by atoms with E-state index < -0.39 is 0 Å². The van der Waals surface area contributed by atoms with Gasteiger partial charge in [-0.25, -0.2) is 9.37 Å². The van der Waals surface area contributed by atoms with Gasteiger partial charge in [0.05, 0.1) is 12.1 Å². The van der Waals surface area contributed by atoms with Crippen molar-refractivity contribution in [3.63, 3.8) is 0 Å². The zero-order chi connectivity index (χ0) is 24.1. The van der Waals surface area contributed by atoms with E-state index in [0.717, 1.165) is 11.3 Å². The molecule has 176 valence electrons. The van der Waals surface area contributed by atoms with Crippen LogP contribution in [0.2, 0.25) is 0 Å². The number of halogens is 1. The second-order valence-corrected chi connectivity index (χ2v) is 9.07. The van der Waals surface area contributed by atoms with E-state index in [1.165, 1.54) is 30.0 Å². The summed E-state index contributed by atoms with van der Waals surface area (Å²) in [5, 5.41) is 0.429. The molecule has 34 heavy (non-hydrogen) atoms. The summed E-state index contributed by atoms with van der Waals surface area (Å²) < 4.78 is 13.1. The number of benzene rings is 2. The standard InChI is InChI=1S/C25H25FN4O3S/c1-17(31)19-4-8-22(9-5-19)29-10-12-30(13-11-29)24(33)15-21-14-23(32)28-25(27-21)34-16-18-2-6-20(26)7-3-18/h2-9,14H,10-13,15-16H2,1H3,(H,27,28,32). The first-order valence-electron chi connectivity index (χ1n) is 11.0. The predicted molar refractivity (Wildman–Crippen MR) is 130 cm³/mol. The maximum Gasteiger partial charge on any atom is 0.251 e. The van der Waals surface area contributed by atoms with E-state index in [0.29, 0.717) is 48.3 Å². The molecule has 1 aliphatic heterocycles. The van der Waals surface area contributed by atoms with Crippen LogP contribution in [-0.4, -0.2) is 52.7 Å². The van der Waals surface area contributed by atoms with E-state index in [-0.39, 0.29) is 29.5 Å². The molecule has 7 nitrogen and oxygen atoms in total. The Kier molecular flexibility index (Phi) is 7.42. The molecule has 2 heterocycles. The van der Waals surface area contributed by atoms with Crippen LogP contribution in [0.5, 0.6) is 0 Å². The van der Waals surface area contributed by atoms with Crippen LogP contribution in [-0.2, 0) is 17.0 Å². The second kappa shape index (κ2) is 10.6. The van der Waals surface area contributed by atoms with Crippen LogP contribution in [0.3, 0.4) is 0 Å². The van der Waals surface area contributed by atoms with Gasteiger partial charge in [0.15, 0.2) is 10.9 Å². The van der Waals surface area contributed by atoms with E-state index in [9.17, 15) is 18.8 Å². The topological polar surface area (TPSA) is 86.4 Å². The Labute approximate surface area is 201 Å². The molecule has 0 spiro atoms. The van der Waals surface area contributed by atoms with Crippen molar-refractivity contribution in [3.8, 4) is 0 Å². The number of aromatic amines is 1. The molecule has 0 unspecified atom stereocenters. The molecule has 3 aromatic rings. The maximum atomic E-state index is 13.1. The van der Waals surface area contributed by atoms with Gasteiger partial charge in [-0.05, 0) is 48.9 Å². The van der Waals surface area contributed by atoms with Gasteiger partial charge in [0, 0.05) is 49.2 Å². The number of carbonyl (C=O) groups excluding carboxylic acids is 2. The molecule has 4 rings (SSSR count). The van der Waals surface area contributed by atoms with Gasteiger partial charge in [-0.15, -0.1) is 0 Å². The van der Waals surface area contributed by atoms with Gasteiger partial charge >= 0.3 is 0 Å². The van der Waals surface area contributed by atoms with Crippen molar-refractivity contribution in [2.45, 2.75) is 24.3 Å². The van der Waals surface area contributed by atoms with Crippen LogP contribution in [0.15, 0.2) is 64.5 Å². The molecule has 9 heteroatoms. The highest BCUT2D eigenvalue weighted by Crippen LogP contribution is 2.20. The van der Waals surface area contributed by atoms with Gasteiger partial charge in [-0.2, -0.15) is 0 Å². The molecule has 1 N–H and O–H groups in total. The summed E-state index contributed by atoms with van der Waals surface area (Å²) in [6, 6.07) is 15.0. The minimum absolute atomic E-state index is 0.0346. The molecule has 1 aromatic heterocycles. The summed E-state index contributed by atoms with van der Waals surface area (Å²) in [5.41, 5.74) is 2.73. The number of ketones is 1. The summed E-state index contributed by atoms with van der Waals surface area (Å²) >= 11 is 1.33. The minimum atomic E-state index is -0.307. The third-order valence-corrected chi connectivity index (χ3v) is 6.61. The molecule has 2 aromatic carbocycles. The first-order chi connectivity index (χ1) is 16.4. The van der Waals surface area contributed by atoms with Crippen LogP contribution in [0, 0.1) is 5.82 Å². The number of piperazine rings is 1. The predicted octanol–water partition coefficient (Wildman–Crippen LogP) is 3.30. The number of H-pyrrole nitrogens is 1. The van der Waals surface area contributed by atoms with Gasteiger partial charge in [0.1, 0.15) is 5.82 Å². The van der Waals surface area contributed by atoms with Crippen molar-refractivity contribution in [2.75, 3.05) is 31.1 Å². The molecule has 0 atom stereocenters. The zero-order valence-corrected chi connectivity index (χ0v) is 19.6. The zero-order valence-electron chi connectivity index (χ0n) is 18.8. The number of hydrogen-bond donors (Lipinski definition) is 1. The lowest BCUT2D eigenvalue weighted by Crippen LogP contribution is -2.49. The Morgan fingerprint density at radius 3 is 2.35 bits per heavy atom. The number of nitrogens with one attached hydrogen (secondary N) is 1. The molecule has 0 radical (unpaired) electrons. The fourth-order valence-electron chi connectivity index (χ4n) is 3.76. The average Bonchev–Trinajstić information content (AvgIpc) is 2.83. The third-order valence-electron chi connectivity index (χ3n) is 5.67. The first kappa shape index (κ1) is 23.7. The van der Waals surface area contributed by atoms with E-state index in [1.54, 1.807) is 24.0 Å². The molecule has 1 amide bonds. The van der Waals surface area contributed by atoms with Crippen LogP contribution in [0.25, 0.3) is 0 Å². The van der Waals surface area contributed by atoms with Crippen molar-refractivity contribution in [1.82, 2.24) is 14.9 Å². The normalized spacial score (nSPS) is 13.7. The molecular weight excluding hydrogens is 455 g/mol. The van der Waals surface area contributed by atoms with E-state index in [2.05, 4.69) is 14.9 Å². The first-order valence-corrected chi connectivity index (χ1v) is 12.0. The fourth-order valence-corrected chi connectivity index (χ4v) is 4.61. The summed E-state index contributed by atoms with van der Waals surface area (Å²) in [6.45, 7) is 4.06. The summed E-state index contributed by atoms with van der Waals surface area (Å²) in [6.07, 6.45) is 0.0569. The monoisotopic (exact) mass is 480 g/mol. The third kappa shape index (κ3) is 6.11. The largest absolute Gasteiger partial charge is 0.368 e. The van der Waals surface area contributed by atoms with Gasteiger partial charge in [-0.1, -0.05) is 23.9 Å². The van der Waals surface area contributed by atoms with Gasteiger partial charge < -0.3 is 14.8 Å².